The fourth-order valence-corrected chi connectivity index (χ4v) is 3.18. The Hall–Kier alpha value is -3.12. The Bertz CT molecular complexity index is 936. The lowest BCUT2D eigenvalue weighted by molar-refractivity contribution is -0.117. The summed E-state index contributed by atoms with van der Waals surface area (Å²) in [5.41, 5.74) is 1.99. The summed E-state index contributed by atoms with van der Waals surface area (Å²) in [5.74, 6) is 2.02. The quantitative estimate of drug-likeness (QED) is 0.605. The van der Waals surface area contributed by atoms with Crippen LogP contribution in [0.15, 0.2) is 66.7 Å². The van der Waals surface area contributed by atoms with Crippen molar-refractivity contribution in [3.63, 3.8) is 0 Å². The molecule has 1 aliphatic carbocycles. The van der Waals surface area contributed by atoms with Crippen LogP contribution in [0.2, 0.25) is 0 Å². The maximum absolute atomic E-state index is 12.6. The summed E-state index contributed by atoms with van der Waals surface area (Å²) in [6.07, 6.45) is 2.34. The van der Waals surface area contributed by atoms with Gasteiger partial charge in [0.25, 0.3) is 0 Å². The lowest BCUT2D eigenvalue weighted by atomic mass is 10.3. The minimum atomic E-state index is -0.0633. The first-order valence-corrected chi connectivity index (χ1v) is 10.0. The lowest BCUT2D eigenvalue weighted by Crippen LogP contribution is -2.33. The third-order valence-corrected chi connectivity index (χ3v) is 4.89. The van der Waals surface area contributed by atoms with Crippen molar-refractivity contribution >= 4 is 11.7 Å². The number of aromatic nitrogens is 2. The molecule has 0 unspecified atom stereocenters. The molecule has 0 bridgehead atoms. The molecular formula is C23H26N4O2. The number of ether oxygens (including phenoxy) is 1. The van der Waals surface area contributed by atoms with Crippen LogP contribution in [0.1, 0.15) is 24.5 Å². The average molecular weight is 390 g/mol. The summed E-state index contributed by atoms with van der Waals surface area (Å²) in [4.78, 5) is 14.5. The van der Waals surface area contributed by atoms with Crippen molar-refractivity contribution < 1.29 is 9.53 Å². The summed E-state index contributed by atoms with van der Waals surface area (Å²) < 4.78 is 7.53. The van der Waals surface area contributed by atoms with Gasteiger partial charge < -0.3 is 10.1 Å². The lowest BCUT2D eigenvalue weighted by Gasteiger charge is -2.17. The number of anilines is 1. The van der Waals surface area contributed by atoms with Gasteiger partial charge in [-0.1, -0.05) is 36.4 Å². The highest BCUT2D eigenvalue weighted by molar-refractivity contribution is 5.91. The van der Waals surface area contributed by atoms with Crippen LogP contribution in [-0.4, -0.2) is 47.3 Å². The molecule has 2 aromatic carbocycles. The predicted molar refractivity (Wildman–Crippen MR) is 114 cm³/mol. The second kappa shape index (κ2) is 8.92. The van der Waals surface area contributed by atoms with Gasteiger partial charge in [-0.2, -0.15) is 5.10 Å². The fourth-order valence-electron chi connectivity index (χ4n) is 3.18. The van der Waals surface area contributed by atoms with Gasteiger partial charge in [0, 0.05) is 18.5 Å². The Kier molecular flexibility index (Phi) is 5.91. The largest absolute Gasteiger partial charge is 0.492 e. The standard InChI is InChI=1S/C23H26N4O2/c1-26(14-15-29-20-10-6-3-7-11-20)17-23(28)24-22-16-21(18-12-13-18)25-27(22)19-8-4-2-5-9-19/h2-11,16,18H,12-15,17H2,1H3,(H,24,28). The summed E-state index contributed by atoms with van der Waals surface area (Å²) >= 11 is 0. The molecule has 1 N–H and O–H groups in total. The monoisotopic (exact) mass is 390 g/mol. The maximum Gasteiger partial charge on any atom is 0.239 e. The normalized spacial score (nSPS) is 13.4. The van der Waals surface area contributed by atoms with E-state index >= 15 is 0 Å². The zero-order valence-corrected chi connectivity index (χ0v) is 16.6. The van der Waals surface area contributed by atoms with Gasteiger partial charge in [0.15, 0.2) is 0 Å². The Balaban J connectivity index is 1.34. The fraction of sp³-hybridized carbons (Fsp3) is 0.304. The Morgan fingerprint density at radius 3 is 2.52 bits per heavy atom. The number of carbonyl (C=O) groups is 1. The Morgan fingerprint density at radius 1 is 1.14 bits per heavy atom. The van der Waals surface area contributed by atoms with Crippen LogP contribution in [-0.2, 0) is 4.79 Å². The first-order valence-electron chi connectivity index (χ1n) is 10.0. The van der Waals surface area contributed by atoms with Crippen molar-refractivity contribution in [3.05, 3.63) is 72.4 Å². The van der Waals surface area contributed by atoms with Crippen LogP contribution in [0, 0.1) is 0 Å². The van der Waals surface area contributed by atoms with E-state index < -0.39 is 0 Å². The van der Waals surface area contributed by atoms with E-state index in [-0.39, 0.29) is 12.5 Å². The van der Waals surface area contributed by atoms with Gasteiger partial charge in [-0.05, 0) is 44.2 Å². The highest BCUT2D eigenvalue weighted by atomic mass is 16.5. The van der Waals surface area contributed by atoms with Crippen molar-refractivity contribution in [3.8, 4) is 11.4 Å². The second-order valence-electron chi connectivity index (χ2n) is 7.42. The molecule has 1 aliphatic rings. The summed E-state index contributed by atoms with van der Waals surface area (Å²) in [6, 6.07) is 21.6. The van der Waals surface area contributed by atoms with Gasteiger partial charge >= 0.3 is 0 Å². The molecule has 0 spiro atoms. The van der Waals surface area contributed by atoms with Gasteiger partial charge in [0.05, 0.1) is 17.9 Å². The number of rotatable bonds is 9. The van der Waals surface area contributed by atoms with Crippen molar-refractivity contribution in [2.75, 3.05) is 32.1 Å². The van der Waals surface area contributed by atoms with E-state index in [0.29, 0.717) is 19.1 Å². The molecule has 1 heterocycles. The number of likely N-dealkylation sites (N-methyl/N-ethyl adjacent to an activating group) is 1. The van der Waals surface area contributed by atoms with E-state index in [9.17, 15) is 4.79 Å². The van der Waals surface area contributed by atoms with Gasteiger partial charge in [0.2, 0.25) is 5.91 Å². The topological polar surface area (TPSA) is 59.4 Å². The van der Waals surface area contributed by atoms with Crippen LogP contribution >= 0.6 is 0 Å². The first kappa shape index (κ1) is 19.2. The number of nitrogens with zero attached hydrogens (tertiary/aromatic N) is 3. The van der Waals surface area contributed by atoms with Crippen molar-refractivity contribution in [2.24, 2.45) is 0 Å². The third kappa shape index (κ3) is 5.23. The molecule has 1 aromatic heterocycles. The molecular weight excluding hydrogens is 364 g/mol. The second-order valence-corrected chi connectivity index (χ2v) is 7.42. The van der Waals surface area contributed by atoms with Crippen LogP contribution < -0.4 is 10.1 Å². The molecule has 29 heavy (non-hydrogen) atoms. The number of hydrogen-bond acceptors (Lipinski definition) is 4. The number of hydrogen-bond donors (Lipinski definition) is 1. The summed E-state index contributed by atoms with van der Waals surface area (Å²) in [7, 11) is 1.91. The van der Waals surface area contributed by atoms with Crippen LogP contribution in [0.5, 0.6) is 5.75 Å². The van der Waals surface area contributed by atoms with E-state index in [4.69, 9.17) is 9.84 Å². The minimum Gasteiger partial charge on any atom is -0.492 e. The van der Waals surface area contributed by atoms with Gasteiger partial charge in [0.1, 0.15) is 18.2 Å². The first-order chi connectivity index (χ1) is 14.2. The van der Waals surface area contributed by atoms with Crippen molar-refractivity contribution in [1.29, 1.82) is 0 Å². The minimum absolute atomic E-state index is 0.0633. The molecule has 1 amide bonds. The molecule has 6 heteroatoms. The van der Waals surface area contributed by atoms with Crippen LogP contribution in [0.3, 0.4) is 0 Å². The smallest absolute Gasteiger partial charge is 0.239 e. The highest BCUT2D eigenvalue weighted by Crippen LogP contribution is 2.40. The average Bonchev–Trinajstić information content (AvgIpc) is 3.50. The molecule has 0 radical (unpaired) electrons. The van der Waals surface area contributed by atoms with E-state index in [1.165, 1.54) is 12.8 Å². The Morgan fingerprint density at radius 2 is 1.83 bits per heavy atom. The van der Waals surface area contributed by atoms with Gasteiger partial charge in [-0.3, -0.25) is 9.69 Å². The third-order valence-electron chi connectivity index (χ3n) is 4.89. The molecule has 1 saturated carbocycles. The van der Waals surface area contributed by atoms with Gasteiger partial charge in [-0.15, -0.1) is 0 Å². The van der Waals surface area contributed by atoms with E-state index in [1.54, 1.807) is 0 Å². The van der Waals surface area contributed by atoms with Crippen molar-refractivity contribution in [2.45, 2.75) is 18.8 Å². The SMILES string of the molecule is CN(CCOc1ccccc1)CC(=O)Nc1cc(C2CC2)nn1-c1ccccc1. The van der Waals surface area contributed by atoms with Crippen molar-refractivity contribution in [1.82, 2.24) is 14.7 Å². The molecule has 3 aromatic rings. The highest BCUT2D eigenvalue weighted by Gasteiger charge is 2.28. The zero-order chi connectivity index (χ0) is 20.1. The van der Waals surface area contributed by atoms with Gasteiger partial charge in [-0.25, -0.2) is 4.68 Å². The molecule has 0 atom stereocenters. The molecule has 4 rings (SSSR count). The van der Waals surface area contributed by atoms with E-state index in [2.05, 4.69) is 5.32 Å². The molecule has 150 valence electrons. The molecule has 0 saturated heterocycles. The number of nitrogens with one attached hydrogen (secondary N) is 1. The number of amides is 1. The number of carbonyl (C=O) groups excluding carboxylic acids is 1. The molecule has 0 aliphatic heterocycles. The summed E-state index contributed by atoms with van der Waals surface area (Å²) in [6.45, 7) is 1.48. The maximum atomic E-state index is 12.6. The van der Waals surface area contributed by atoms with E-state index in [0.717, 1.165) is 22.9 Å². The van der Waals surface area contributed by atoms with Crippen LogP contribution in [0.25, 0.3) is 5.69 Å². The summed E-state index contributed by atoms with van der Waals surface area (Å²) in [5, 5.41) is 7.76. The zero-order valence-electron chi connectivity index (χ0n) is 16.6. The van der Waals surface area contributed by atoms with Crippen LogP contribution in [0.4, 0.5) is 5.82 Å². The molecule has 6 nitrogen and oxygen atoms in total. The number of para-hydroxylation sites is 2. The van der Waals surface area contributed by atoms with E-state index in [1.807, 2.05) is 83.4 Å². The Labute approximate surface area is 171 Å². The molecule has 1 fully saturated rings. The number of benzene rings is 2. The predicted octanol–water partition coefficient (Wildman–Crippen LogP) is 3.70.